The molecule has 3 rings (SSSR count). The van der Waals surface area contributed by atoms with Gasteiger partial charge in [-0.3, -0.25) is 9.59 Å². The lowest BCUT2D eigenvalue weighted by Crippen LogP contribution is -2.47. The van der Waals surface area contributed by atoms with Crippen molar-refractivity contribution in [1.29, 1.82) is 0 Å². The molecule has 0 unspecified atom stereocenters. The third-order valence-electron chi connectivity index (χ3n) is 3.98. The molecular weight excluding hydrogens is 196 g/mol. The Morgan fingerprint density at radius 2 is 1.53 bits per heavy atom. The SMILES string of the molecule is COC(=O)[C@H]1C2CCC(CC2)[C@H]1C(=O)O. The summed E-state index contributed by atoms with van der Waals surface area (Å²) in [6.45, 7) is 0. The summed E-state index contributed by atoms with van der Waals surface area (Å²) in [6.07, 6.45) is 3.87. The Balaban J connectivity index is 2.24. The molecule has 0 spiro atoms. The van der Waals surface area contributed by atoms with Crippen molar-refractivity contribution in [2.45, 2.75) is 25.7 Å². The normalized spacial score (nSPS) is 38.7. The van der Waals surface area contributed by atoms with Crippen LogP contribution in [0.25, 0.3) is 0 Å². The number of rotatable bonds is 2. The Hall–Kier alpha value is -1.06. The highest BCUT2D eigenvalue weighted by molar-refractivity contribution is 5.82. The first-order valence-electron chi connectivity index (χ1n) is 5.45. The topological polar surface area (TPSA) is 63.6 Å². The van der Waals surface area contributed by atoms with Gasteiger partial charge in [-0.25, -0.2) is 0 Å². The molecule has 3 aliphatic carbocycles. The highest BCUT2D eigenvalue weighted by atomic mass is 16.5. The lowest BCUT2D eigenvalue weighted by Gasteiger charge is -2.45. The Bertz CT molecular complexity index is 278. The number of hydrogen-bond acceptors (Lipinski definition) is 3. The van der Waals surface area contributed by atoms with E-state index in [4.69, 9.17) is 9.84 Å². The molecule has 0 saturated heterocycles. The standard InChI is InChI=1S/C11H16O4/c1-15-11(14)9-7-4-2-6(3-5-7)8(9)10(12)13/h6-9H,2-5H2,1H3,(H,12,13)/t6?,7?,8-,9+/m1/s1. The van der Waals surface area contributed by atoms with E-state index in [1.165, 1.54) is 7.11 Å². The van der Waals surface area contributed by atoms with Gasteiger partial charge in [0.2, 0.25) is 0 Å². The summed E-state index contributed by atoms with van der Waals surface area (Å²) >= 11 is 0. The van der Waals surface area contributed by atoms with E-state index in [2.05, 4.69) is 0 Å². The van der Waals surface area contributed by atoms with E-state index in [0.29, 0.717) is 0 Å². The molecule has 0 radical (unpaired) electrons. The van der Waals surface area contributed by atoms with Crippen LogP contribution in [0.5, 0.6) is 0 Å². The van der Waals surface area contributed by atoms with Gasteiger partial charge in [0, 0.05) is 0 Å². The summed E-state index contributed by atoms with van der Waals surface area (Å²) in [4.78, 5) is 22.8. The van der Waals surface area contributed by atoms with Crippen LogP contribution in [0.4, 0.5) is 0 Å². The van der Waals surface area contributed by atoms with Crippen LogP contribution in [0.15, 0.2) is 0 Å². The minimum absolute atomic E-state index is 0.177. The van der Waals surface area contributed by atoms with E-state index in [1.54, 1.807) is 0 Å². The van der Waals surface area contributed by atoms with Crippen molar-refractivity contribution >= 4 is 11.9 Å². The van der Waals surface area contributed by atoms with Crippen molar-refractivity contribution in [1.82, 2.24) is 0 Å². The maximum absolute atomic E-state index is 11.6. The van der Waals surface area contributed by atoms with Crippen LogP contribution < -0.4 is 0 Å². The van der Waals surface area contributed by atoms with Gasteiger partial charge in [0.1, 0.15) is 0 Å². The summed E-state index contributed by atoms with van der Waals surface area (Å²) in [5.74, 6) is -1.68. The average molecular weight is 212 g/mol. The fourth-order valence-electron chi connectivity index (χ4n) is 3.28. The number of esters is 1. The van der Waals surface area contributed by atoms with Gasteiger partial charge in [-0.15, -0.1) is 0 Å². The first-order valence-corrected chi connectivity index (χ1v) is 5.45. The molecule has 84 valence electrons. The number of ether oxygens (including phenoxy) is 1. The first-order chi connectivity index (χ1) is 7.15. The zero-order chi connectivity index (χ0) is 11.0. The smallest absolute Gasteiger partial charge is 0.309 e. The molecule has 0 aromatic carbocycles. The quantitative estimate of drug-likeness (QED) is 0.701. The molecule has 2 bridgehead atoms. The monoisotopic (exact) mass is 212 g/mol. The maximum atomic E-state index is 11.6. The number of aliphatic carboxylic acids is 1. The number of carboxylic acid groups (broad SMARTS) is 1. The molecule has 4 heteroatoms. The number of hydrogen-bond donors (Lipinski definition) is 1. The van der Waals surface area contributed by atoms with Crippen LogP contribution in [-0.2, 0) is 14.3 Å². The van der Waals surface area contributed by atoms with E-state index < -0.39 is 17.8 Å². The van der Waals surface area contributed by atoms with Gasteiger partial charge in [0.05, 0.1) is 18.9 Å². The van der Waals surface area contributed by atoms with E-state index in [0.717, 1.165) is 25.7 Å². The minimum Gasteiger partial charge on any atom is -0.481 e. The predicted molar refractivity (Wildman–Crippen MR) is 52.1 cm³/mol. The van der Waals surface area contributed by atoms with Crippen LogP contribution in [0, 0.1) is 23.7 Å². The number of fused-ring (bicyclic) bond motifs is 3. The average Bonchev–Trinajstić information content (AvgIpc) is 2.28. The molecule has 3 saturated carbocycles. The molecule has 2 atom stereocenters. The van der Waals surface area contributed by atoms with Crippen LogP contribution in [-0.4, -0.2) is 24.2 Å². The minimum atomic E-state index is -0.834. The summed E-state index contributed by atoms with van der Waals surface area (Å²) in [7, 11) is 1.34. The molecule has 0 aliphatic heterocycles. The van der Waals surface area contributed by atoms with Crippen LogP contribution in [0.3, 0.4) is 0 Å². The second-order valence-electron chi connectivity index (χ2n) is 4.59. The van der Waals surface area contributed by atoms with Gasteiger partial charge in [-0.1, -0.05) is 0 Å². The Labute approximate surface area is 88.6 Å². The molecule has 3 aliphatic rings. The molecular formula is C11H16O4. The van der Waals surface area contributed by atoms with Crippen molar-refractivity contribution in [3.63, 3.8) is 0 Å². The first kappa shape index (κ1) is 10.5. The molecule has 3 fully saturated rings. The Kier molecular flexibility index (Phi) is 2.67. The third kappa shape index (κ3) is 1.62. The summed E-state index contributed by atoms with van der Waals surface area (Å²) in [5.41, 5.74) is 0. The second-order valence-corrected chi connectivity index (χ2v) is 4.59. The highest BCUT2D eigenvalue weighted by Gasteiger charge is 2.50. The van der Waals surface area contributed by atoms with E-state index in [1.807, 2.05) is 0 Å². The van der Waals surface area contributed by atoms with Gasteiger partial charge in [-0.05, 0) is 37.5 Å². The Morgan fingerprint density at radius 3 is 1.93 bits per heavy atom. The lowest BCUT2D eigenvalue weighted by atomic mass is 9.58. The van der Waals surface area contributed by atoms with Crippen LogP contribution >= 0.6 is 0 Å². The number of methoxy groups -OCH3 is 1. The van der Waals surface area contributed by atoms with Crippen molar-refractivity contribution in [3.8, 4) is 0 Å². The molecule has 15 heavy (non-hydrogen) atoms. The van der Waals surface area contributed by atoms with E-state index >= 15 is 0 Å². The van der Waals surface area contributed by atoms with Gasteiger partial charge < -0.3 is 9.84 Å². The highest BCUT2D eigenvalue weighted by Crippen LogP contribution is 2.49. The van der Waals surface area contributed by atoms with E-state index in [-0.39, 0.29) is 17.8 Å². The largest absolute Gasteiger partial charge is 0.481 e. The second kappa shape index (κ2) is 3.83. The van der Waals surface area contributed by atoms with Gasteiger partial charge in [-0.2, -0.15) is 0 Å². The van der Waals surface area contributed by atoms with Crippen molar-refractivity contribution < 1.29 is 19.4 Å². The van der Waals surface area contributed by atoms with Crippen molar-refractivity contribution in [3.05, 3.63) is 0 Å². The fraction of sp³-hybridized carbons (Fsp3) is 0.818. The predicted octanol–water partition coefficient (Wildman–Crippen LogP) is 1.30. The third-order valence-corrected chi connectivity index (χ3v) is 3.98. The molecule has 0 amide bonds. The number of carbonyl (C=O) groups excluding carboxylic acids is 1. The van der Waals surface area contributed by atoms with Crippen molar-refractivity contribution in [2.24, 2.45) is 23.7 Å². The van der Waals surface area contributed by atoms with Gasteiger partial charge >= 0.3 is 11.9 Å². The number of carboxylic acids is 1. The molecule has 0 heterocycles. The van der Waals surface area contributed by atoms with Crippen LogP contribution in [0.2, 0.25) is 0 Å². The summed E-state index contributed by atoms with van der Waals surface area (Å²) < 4.78 is 4.72. The fourth-order valence-corrected chi connectivity index (χ4v) is 3.28. The Morgan fingerprint density at radius 1 is 1.07 bits per heavy atom. The summed E-state index contributed by atoms with van der Waals surface area (Å²) in [5, 5.41) is 9.17. The maximum Gasteiger partial charge on any atom is 0.309 e. The zero-order valence-electron chi connectivity index (χ0n) is 8.81. The molecule has 0 aromatic rings. The van der Waals surface area contributed by atoms with Gasteiger partial charge in [0.25, 0.3) is 0 Å². The van der Waals surface area contributed by atoms with Crippen molar-refractivity contribution in [2.75, 3.05) is 7.11 Å². The molecule has 4 nitrogen and oxygen atoms in total. The van der Waals surface area contributed by atoms with Gasteiger partial charge in [0.15, 0.2) is 0 Å². The van der Waals surface area contributed by atoms with Crippen LogP contribution in [0.1, 0.15) is 25.7 Å². The zero-order valence-corrected chi connectivity index (χ0v) is 8.81. The van der Waals surface area contributed by atoms with E-state index in [9.17, 15) is 9.59 Å². The number of carbonyl (C=O) groups is 2. The lowest BCUT2D eigenvalue weighted by molar-refractivity contribution is -0.167. The molecule has 0 aromatic heterocycles. The molecule has 1 N–H and O–H groups in total. The summed E-state index contributed by atoms with van der Waals surface area (Å²) in [6, 6.07) is 0.